The quantitative estimate of drug-likeness (QED) is 0.106. The minimum absolute atomic E-state index is 0.00338. The normalized spacial score (nSPS) is 16.8. The van der Waals surface area contributed by atoms with Gasteiger partial charge in [-0.1, -0.05) is 35.9 Å². The number of piperazine rings is 1. The standard InChI is InChI=1S/C41H41ClF5N7O4/c1-22-32(41(45,46)47)35(50-38(48-22)53(18-23-7-13-27(56-5)14-8-23)19-24-9-15-28(57-6)16-10-24)31-30(42)17-29-34(33(31)43)49-37(44)51-36(29)52-20-25-11-12-26(21-52)54(25)39(55)58-40(2,3)4/h7-10,13-17,25-26H,11-12,18-21H2,1-6H3. The number of fused-ring (bicyclic) bond motifs is 3. The molecule has 0 radical (unpaired) electrons. The van der Waals surface area contributed by atoms with Crippen molar-refractivity contribution in [2.75, 3.05) is 37.1 Å². The molecule has 2 aliphatic heterocycles. The molecule has 0 spiro atoms. The molecule has 5 aromatic rings. The molecule has 2 aromatic heterocycles. The number of ether oxygens (including phenoxy) is 3. The van der Waals surface area contributed by atoms with Crippen LogP contribution in [0.15, 0.2) is 54.6 Å². The summed E-state index contributed by atoms with van der Waals surface area (Å²) >= 11 is 6.77. The highest BCUT2D eigenvalue weighted by Crippen LogP contribution is 2.45. The van der Waals surface area contributed by atoms with Crippen molar-refractivity contribution >= 4 is 40.4 Å². The van der Waals surface area contributed by atoms with E-state index in [0.29, 0.717) is 24.3 Å². The molecule has 2 atom stereocenters. The molecule has 0 saturated carbocycles. The van der Waals surface area contributed by atoms with Crippen molar-refractivity contribution in [3.63, 3.8) is 0 Å². The molecule has 17 heteroatoms. The average molecular weight is 826 g/mol. The second-order valence-electron chi connectivity index (χ2n) is 15.3. The number of alkyl halides is 3. The second kappa shape index (κ2) is 15.7. The molecule has 2 aliphatic rings. The number of halogens is 6. The minimum Gasteiger partial charge on any atom is -0.497 e. The maximum Gasteiger partial charge on any atom is 0.420 e. The third-order valence-electron chi connectivity index (χ3n) is 10.2. The molecule has 2 saturated heterocycles. The Balaban J connectivity index is 1.32. The number of carbonyl (C=O) groups excluding carboxylic acids is 1. The topological polar surface area (TPSA) is 106 Å². The predicted molar refractivity (Wildman–Crippen MR) is 208 cm³/mol. The first-order valence-corrected chi connectivity index (χ1v) is 18.9. The lowest BCUT2D eigenvalue weighted by Gasteiger charge is -2.42. The van der Waals surface area contributed by atoms with Crippen LogP contribution in [0.25, 0.3) is 22.2 Å². The van der Waals surface area contributed by atoms with Gasteiger partial charge < -0.3 is 24.0 Å². The number of nitrogens with zero attached hydrogens (tertiary/aromatic N) is 7. The molecule has 4 heterocycles. The van der Waals surface area contributed by atoms with Crippen LogP contribution >= 0.6 is 11.6 Å². The van der Waals surface area contributed by atoms with Gasteiger partial charge in [0.2, 0.25) is 5.95 Å². The first kappa shape index (κ1) is 40.7. The Hall–Kier alpha value is -5.51. The minimum atomic E-state index is -5.05. The maximum atomic E-state index is 17.0. The Morgan fingerprint density at radius 3 is 1.91 bits per heavy atom. The Morgan fingerprint density at radius 2 is 1.41 bits per heavy atom. The van der Waals surface area contributed by atoms with E-state index >= 15 is 8.78 Å². The fraction of sp³-hybridized carbons (Fsp3) is 0.390. The molecule has 1 amide bonds. The number of hydrogen-bond donors (Lipinski definition) is 0. The largest absolute Gasteiger partial charge is 0.497 e. The number of hydrogen-bond acceptors (Lipinski definition) is 10. The molecule has 2 bridgehead atoms. The van der Waals surface area contributed by atoms with Gasteiger partial charge in [-0.25, -0.2) is 19.2 Å². The van der Waals surface area contributed by atoms with Crippen LogP contribution in [0.1, 0.15) is 56.0 Å². The molecule has 0 N–H and O–H groups in total. The summed E-state index contributed by atoms with van der Waals surface area (Å²) in [5.41, 5.74) is -3.13. The summed E-state index contributed by atoms with van der Waals surface area (Å²) in [5.74, 6) is -0.247. The van der Waals surface area contributed by atoms with Crippen molar-refractivity contribution in [2.45, 2.75) is 77.5 Å². The van der Waals surface area contributed by atoms with E-state index in [0.717, 1.165) is 18.1 Å². The van der Waals surface area contributed by atoms with E-state index < -0.39 is 62.8 Å². The smallest absolute Gasteiger partial charge is 0.420 e. The molecule has 2 fully saturated rings. The summed E-state index contributed by atoms with van der Waals surface area (Å²) in [6.45, 7) is 7.18. The summed E-state index contributed by atoms with van der Waals surface area (Å²) in [4.78, 5) is 34.6. The maximum absolute atomic E-state index is 17.0. The number of anilines is 2. The Labute approximate surface area is 336 Å². The van der Waals surface area contributed by atoms with Crippen LogP contribution in [0.4, 0.5) is 38.5 Å². The van der Waals surface area contributed by atoms with E-state index in [1.807, 2.05) is 0 Å². The predicted octanol–water partition coefficient (Wildman–Crippen LogP) is 9.16. The number of aryl methyl sites for hydroxylation is 1. The number of benzene rings is 3. The number of aromatic nitrogens is 4. The molecular weight excluding hydrogens is 785 g/mol. The Morgan fingerprint density at radius 1 is 0.862 bits per heavy atom. The van der Waals surface area contributed by atoms with Crippen LogP contribution in [0.3, 0.4) is 0 Å². The summed E-state index contributed by atoms with van der Waals surface area (Å²) in [6, 6.07) is 14.8. The highest BCUT2D eigenvalue weighted by atomic mass is 35.5. The van der Waals surface area contributed by atoms with Gasteiger partial charge in [0.25, 0.3) is 0 Å². The summed E-state index contributed by atoms with van der Waals surface area (Å²) < 4.78 is 93.4. The molecular formula is C41H41ClF5N7O4. The molecule has 3 aromatic carbocycles. The summed E-state index contributed by atoms with van der Waals surface area (Å²) in [7, 11) is 3.06. The Kier molecular flexibility index (Phi) is 11.0. The zero-order chi connectivity index (χ0) is 41.7. The van der Waals surface area contributed by atoms with Crippen LogP contribution in [0.5, 0.6) is 11.5 Å². The lowest BCUT2D eigenvalue weighted by atomic mass is 10.0. The first-order valence-electron chi connectivity index (χ1n) is 18.5. The fourth-order valence-corrected chi connectivity index (χ4v) is 7.90. The lowest BCUT2D eigenvalue weighted by molar-refractivity contribution is -0.138. The van der Waals surface area contributed by atoms with Crippen molar-refractivity contribution in [3.05, 3.63) is 93.9 Å². The van der Waals surface area contributed by atoms with Crippen LogP contribution < -0.4 is 19.3 Å². The van der Waals surface area contributed by atoms with Gasteiger partial charge in [-0.05, 0) is 82.0 Å². The van der Waals surface area contributed by atoms with Crippen molar-refractivity contribution in [1.29, 1.82) is 0 Å². The lowest BCUT2D eigenvalue weighted by Crippen LogP contribution is -2.57. The summed E-state index contributed by atoms with van der Waals surface area (Å²) in [5, 5.41) is -0.443. The molecule has 0 aliphatic carbocycles. The molecule has 306 valence electrons. The summed E-state index contributed by atoms with van der Waals surface area (Å²) in [6.07, 6.45) is -5.51. The molecule has 2 unspecified atom stereocenters. The van der Waals surface area contributed by atoms with Gasteiger partial charge in [-0.3, -0.25) is 4.90 Å². The second-order valence-corrected chi connectivity index (χ2v) is 15.7. The monoisotopic (exact) mass is 825 g/mol. The number of amides is 1. The highest BCUT2D eigenvalue weighted by Gasteiger charge is 2.45. The van der Waals surface area contributed by atoms with Crippen LogP contribution in [0, 0.1) is 18.8 Å². The number of carbonyl (C=O) groups is 1. The third kappa shape index (κ3) is 8.24. The van der Waals surface area contributed by atoms with E-state index in [1.165, 1.54) is 20.3 Å². The highest BCUT2D eigenvalue weighted by molar-refractivity contribution is 6.34. The number of methoxy groups -OCH3 is 2. The van der Waals surface area contributed by atoms with Gasteiger partial charge in [0.15, 0.2) is 5.82 Å². The third-order valence-corrected chi connectivity index (χ3v) is 10.5. The van der Waals surface area contributed by atoms with Crippen molar-refractivity contribution in [2.24, 2.45) is 0 Å². The number of rotatable bonds is 9. The average Bonchev–Trinajstić information content (AvgIpc) is 3.43. The van der Waals surface area contributed by atoms with Crippen molar-refractivity contribution in [3.8, 4) is 22.8 Å². The van der Waals surface area contributed by atoms with Crippen molar-refractivity contribution < 1.29 is 41.0 Å². The van der Waals surface area contributed by atoms with Gasteiger partial charge in [0.1, 0.15) is 34.0 Å². The van der Waals surface area contributed by atoms with Gasteiger partial charge in [-0.2, -0.15) is 27.5 Å². The van der Waals surface area contributed by atoms with Crippen molar-refractivity contribution in [1.82, 2.24) is 24.8 Å². The van der Waals surface area contributed by atoms with Gasteiger partial charge in [0, 0.05) is 31.6 Å². The van der Waals surface area contributed by atoms with E-state index in [-0.39, 0.29) is 55.4 Å². The first-order chi connectivity index (χ1) is 27.4. The van der Waals surface area contributed by atoms with E-state index in [1.54, 1.807) is 84.0 Å². The van der Waals surface area contributed by atoms with E-state index in [9.17, 15) is 18.0 Å². The fourth-order valence-electron chi connectivity index (χ4n) is 7.62. The SMILES string of the molecule is COc1ccc(CN(Cc2ccc(OC)cc2)c2nc(C)c(C(F)(F)F)c(-c3c(Cl)cc4c(N5CC6CCC(C5)N6C(=O)OC(C)(C)C)nc(F)nc4c3F)n2)cc1. The van der Waals surface area contributed by atoms with E-state index in [4.69, 9.17) is 25.8 Å². The van der Waals surface area contributed by atoms with E-state index in [2.05, 4.69) is 19.9 Å². The molecule has 7 rings (SSSR count). The molecule has 58 heavy (non-hydrogen) atoms. The van der Waals surface area contributed by atoms with Crippen LogP contribution in [0.2, 0.25) is 5.02 Å². The van der Waals surface area contributed by atoms with Crippen LogP contribution in [-0.4, -0.2) is 75.9 Å². The van der Waals surface area contributed by atoms with Crippen LogP contribution in [-0.2, 0) is 24.0 Å². The Bertz CT molecular complexity index is 2280. The van der Waals surface area contributed by atoms with Gasteiger partial charge >= 0.3 is 18.3 Å². The zero-order valence-corrected chi connectivity index (χ0v) is 33.4. The molecule has 11 nitrogen and oxygen atoms in total. The van der Waals surface area contributed by atoms with Gasteiger partial charge in [-0.15, -0.1) is 0 Å². The van der Waals surface area contributed by atoms with Gasteiger partial charge in [0.05, 0.1) is 48.3 Å². The zero-order valence-electron chi connectivity index (χ0n) is 32.6.